The molecule has 3 N–H and O–H groups in total. The summed E-state index contributed by atoms with van der Waals surface area (Å²) in [5.41, 5.74) is 6.89. The lowest BCUT2D eigenvalue weighted by atomic mass is 9.98. The Morgan fingerprint density at radius 1 is 1.38 bits per heavy atom. The number of nitrogens with one attached hydrogen (secondary N) is 1. The van der Waals surface area contributed by atoms with E-state index in [1.54, 1.807) is 12.1 Å². The fraction of sp³-hybridized carbons (Fsp3) is 0.562. The standard InChI is InChI=1S/C16H22ClN3O/c17-12-2-1-3-13(8-12)19-16(21)6-7-20-9-11-4-5-15(18)14(11)10-20/h1-3,8,11,14-15H,4-7,9-10,18H2,(H,19,21). The van der Waals surface area contributed by atoms with E-state index < -0.39 is 0 Å². The molecule has 21 heavy (non-hydrogen) atoms. The molecule has 1 aromatic rings. The van der Waals surface area contributed by atoms with Gasteiger partial charge in [0.15, 0.2) is 0 Å². The molecule has 1 heterocycles. The summed E-state index contributed by atoms with van der Waals surface area (Å²) < 4.78 is 0. The van der Waals surface area contributed by atoms with Gasteiger partial charge in [0.05, 0.1) is 0 Å². The third-order valence-electron chi connectivity index (χ3n) is 4.75. The molecule has 0 spiro atoms. The minimum Gasteiger partial charge on any atom is -0.327 e. The highest BCUT2D eigenvalue weighted by Crippen LogP contribution is 2.36. The minimum absolute atomic E-state index is 0.0404. The summed E-state index contributed by atoms with van der Waals surface area (Å²) in [5, 5.41) is 3.52. The van der Waals surface area contributed by atoms with Crippen molar-refractivity contribution in [3.05, 3.63) is 29.3 Å². The molecule has 1 aromatic carbocycles. The van der Waals surface area contributed by atoms with Gasteiger partial charge in [0.2, 0.25) is 5.91 Å². The molecule has 5 heteroatoms. The van der Waals surface area contributed by atoms with Crippen LogP contribution in [0.25, 0.3) is 0 Å². The van der Waals surface area contributed by atoms with Crippen LogP contribution in [0.1, 0.15) is 19.3 Å². The molecule has 2 aliphatic rings. The minimum atomic E-state index is 0.0404. The first-order valence-corrected chi connectivity index (χ1v) is 8.03. The zero-order chi connectivity index (χ0) is 14.8. The summed E-state index contributed by atoms with van der Waals surface area (Å²) >= 11 is 5.91. The Labute approximate surface area is 130 Å². The third kappa shape index (κ3) is 3.57. The average molecular weight is 308 g/mol. The van der Waals surface area contributed by atoms with E-state index in [4.69, 9.17) is 17.3 Å². The van der Waals surface area contributed by atoms with E-state index in [0.29, 0.717) is 23.4 Å². The van der Waals surface area contributed by atoms with Crippen molar-refractivity contribution in [1.82, 2.24) is 4.90 Å². The van der Waals surface area contributed by atoms with Crippen molar-refractivity contribution >= 4 is 23.2 Å². The second kappa shape index (κ2) is 6.34. The highest BCUT2D eigenvalue weighted by Gasteiger charge is 2.40. The number of amides is 1. The number of likely N-dealkylation sites (tertiary alicyclic amines) is 1. The topological polar surface area (TPSA) is 58.4 Å². The van der Waals surface area contributed by atoms with Crippen LogP contribution in [0.5, 0.6) is 0 Å². The van der Waals surface area contributed by atoms with Crippen LogP contribution in [-0.4, -0.2) is 36.5 Å². The lowest BCUT2D eigenvalue weighted by molar-refractivity contribution is -0.116. The summed E-state index contributed by atoms with van der Waals surface area (Å²) in [6.07, 6.45) is 2.93. The number of carbonyl (C=O) groups excluding carboxylic acids is 1. The van der Waals surface area contributed by atoms with Gasteiger partial charge in [0.1, 0.15) is 0 Å². The molecule has 2 fully saturated rings. The van der Waals surface area contributed by atoms with Crippen molar-refractivity contribution in [1.29, 1.82) is 0 Å². The normalized spacial score (nSPS) is 28.6. The second-order valence-electron chi connectivity index (χ2n) is 6.23. The molecule has 1 saturated carbocycles. The Morgan fingerprint density at radius 3 is 3.00 bits per heavy atom. The van der Waals surface area contributed by atoms with Crippen molar-refractivity contribution in [3.63, 3.8) is 0 Å². The quantitative estimate of drug-likeness (QED) is 0.897. The van der Waals surface area contributed by atoms with Crippen LogP contribution < -0.4 is 11.1 Å². The summed E-state index contributed by atoms with van der Waals surface area (Å²) in [5.74, 6) is 1.43. The monoisotopic (exact) mass is 307 g/mol. The highest BCUT2D eigenvalue weighted by atomic mass is 35.5. The Kier molecular flexibility index (Phi) is 4.48. The van der Waals surface area contributed by atoms with E-state index in [-0.39, 0.29) is 5.91 Å². The second-order valence-corrected chi connectivity index (χ2v) is 6.67. The molecular weight excluding hydrogens is 286 g/mol. The summed E-state index contributed by atoms with van der Waals surface area (Å²) in [4.78, 5) is 14.4. The predicted octanol–water partition coefficient (Wildman–Crippen LogP) is 2.34. The number of nitrogens with two attached hydrogens (primary N) is 1. The van der Waals surface area contributed by atoms with E-state index in [0.717, 1.165) is 31.2 Å². The maximum Gasteiger partial charge on any atom is 0.225 e. The van der Waals surface area contributed by atoms with Crippen LogP contribution in [0.3, 0.4) is 0 Å². The van der Waals surface area contributed by atoms with Crippen LogP contribution in [0, 0.1) is 11.8 Å². The average Bonchev–Trinajstić information content (AvgIpc) is 2.99. The van der Waals surface area contributed by atoms with E-state index in [9.17, 15) is 4.79 Å². The van der Waals surface area contributed by atoms with Crippen molar-refractivity contribution in [2.75, 3.05) is 25.0 Å². The fourth-order valence-electron chi connectivity index (χ4n) is 3.63. The number of hydrogen-bond acceptors (Lipinski definition) is 3. The Hall–Kier alpha value is -1.10. The number of anilines is 1. The van der Waals surface area contributed by atoms with Gasteiger partial charge in [0, 0.05) is 42.8 Å². The highest BCUT2D eigenvalue weighted by molar-refractivity contribution is 6.30. The van der Waals surface area contributed by atoms with Crippen molar-refractivity contribution < 1.29 is 4.79 Å². The SMILES string of the molecule is NC1CCC2CN(CCC(=O)Nc3cccc(Cl)c3)CC12. The first-order chi connectivity index (χ1) is 10.1. The molecule has 4 nitrogen and oxygen atoms in total. The number of nitrogens with zero attached hydrogens (tertiary/aromatic N) is 1. The van der Waals surface area contributed by atoms with Gasteiger partial charge in [-0.1, -0.05) is 17.7 Å². The molecule has 1 saturated heterocycles. The number of rotatable bonds is 4. The van der Waals surface area contributed by atoms with E-state index in [2.05, 4.69) is 10.2 Å². The Balaban J connectivity index is 1.44. The maximum absolute atomic E-state index is 12.0. The van der Waals surface area contributed by atoms with Gasteiger partial charge in [-0.25, -0.2) is 0 Å². The number of halogens is 1. The number of hydrogen-bond donors (Lipinski definition) is 2. The molecule has 1 amide bonds. The van der Waals surface area contributed by atoms with Gasteiger partial charge in [-0.3, -0.25) is 4.79 Å². The first kappa shape index (κ1) is 14.8. The van der Waals surface area contributed by atoms with E-state index in [1.165, 1.54) is 12.8 Å². The predicted molar refractivity (Wildman–Crippen MR) is 85.3 cm³/mol. The third-order valence-corrected chi connectivity index (χ3v) is 4.99. The Morgan fingerprint density at radius 2 is 2.24 bits per heavy atom. The van der Waals surface area contributed by atoms with Crippen LogP contribution in [0.2, 0.25) is 5.02 Å². The van der Waals surface area contributed by atoms with Crippen LogP contribution in [-0.2, 0) is 4.79 Å². The molecular formula is C16H22ClN3O. The zero-order valence-electron chi connectivity index (χ0n) is 12.1. The molecule has 3 unspecified atom stereocenters. The van der Waals surface area contributed by atoms with Crippen LogP contribution in [0.4, 0.5) is 5.69 Å². The van der Waals surface area contributed by atoms with E-state index >= 15 is 0 Å². The van der Waals surface area contributed by atoms with Crippen LogP contribution >= 0.6 is 11.6 Å². The largest absolute Gasteiger partial charge is 0.327 e. The Bertz CT molecular complexity index is 522. The van der Waals surface area contributed by atoms with Crippen molar-refractivity contribution in [3.8, 4) is 0 Å². The first-order valence-electron chi connectivity index (χ1n) is 7.65. The molecule has 114 valence electrons. The molecule has 0 aromatic heterocycles. The lowest BCUT2D eigenvalue weighted by Crippen LogP contribution is -2.31. The van der Waals surface area contributed by atoms with Gasteiger partial charge < -0.3 is 16.0 Å². The van der Waals surface area contributed by atoms with Gasteiger partial charge in [-0.2, -0.15) is 0 Å². The van der Waals surface area contributed by atoms with Gasteiger partial charge >= 0.3 is 0 Å². The molecule has 0 bridgehead atoms. The molecule has 1 aliphatic heterocycles. The molecule has 1 aliphatic carbocycles. The van der Waals surface area contributed by atoms with Gasteiger partial charge in [0.25, 0.3) is 0 Å². The number of fused-ring (bicyclic) bond motifs is 1. The van der Waals surface area contributed by atoms with Crippen molar-refractivity contribution in [2.24, 2.45) is 17.6 Å². The number of carbonyl (C=O) groups is 1. The zero-order valence-corrected chi connectivity index (χ0v) is 12.9. The molecule has 3 atom stereocenters. The fourth-order valence-corrected chi connectivity index (χ4v) is 3.82. The summed E-state index contributed by atoms with van der Waals surface area (Å²) in [6.45, 7) is 2.96. The smallest absolute Gasteiger partial charge is 0.225 e. The number of benzene rings is 1. The molecule has 0 radical (unpaired) electrons. The summed E-state index contributed by atoms with van der Waals surface area (Å²) in [6, 6.07) is 7.60. The lowest BCUT2D eigenvalue weighted by Gasteiger charge is -2.18. The van der Waals surface area contributed by atoms with Crippen LogP contribution in [0.15, 0.2) is 24.3 Å². The van der Waals surface area contributed by atoms with Gasteiger partial charge in [-0.15, -0.1) is 0 Å². The molecule has 3 rings (SSSR count). The van der Waals surface area contributed by atoms with Crippen molar-refractivity contribution in [2.45, 2.75) is 25.3 Å². The summed E-state index contributed by atoms with van der Waals surface area (Å²) in [7, 11) is 0. The maximum atomic E-state index is 12.0. The van der Waals surface area contributed by atoms with E-state index in [1.807, 2.05) is 12.1 Å². The van der Waals surface area contributed by atoms with Gasteiger partial charge in [-0.05, 0) is 42.9 Å².